The van der Waals surface area contributed by atoms with Crippen molar-refractivity contribution in [1.29, 1.82) is 0 Å². The second kappa shape index (κ2) is 8.07. The predicted octanol–water partition coefficient (Wildman–Crippen LogP) is 2.50. The van der Waals surface area contributed by atoms with Gasteiger partial charge in [0.25, 0.3) is 0 Å². The van der Waals surface area contributed by atoms with E-state index in [-0.39, 0.29) is 30.0 Å². The number of carbonyl (C=O) groups excluding carboxylic acids is 1. The summed E-state index contributed by atoms with van der Waals surface area (Å²) in [6.07, 6.45) is -2.27. The van der Waals surface area contributed by atoms with Gasteiger partial charge < -0.3 is 19.5 Å². The summed E-state index contributed by atoms with van der Waals surface area (Å²) in [6, 6.07) is 8.14. The van der Waals surface area contributed by atoms with E-state index in [2.05, 4.69) is 4.98 Å². The zero-order valence-electron chi connectivity index (χ0n) is 16.8. The van der Waals surface area contributed by atoms with E-state index in [1.165, 1.54) is 17.2 Å². The van der Waals surface area contributed by atoms with E-state index in [4.69, 9.17) is 14.6 Å². The Kier molecular flexibility index (Phi) is 5.86. The standard InChI is InChI=1S/C19H23N3O7S/c1-19(2,3)29-17(23)21-10-11-22(15(12-21)28-18(24)25)30(26,27)14-8-4-6-13-7-5-9-20-16(13)14/h4-9,15H,10-12H2,1-3H3,(H,24,25). The normalized spacial score (nSPS) is 18.2. The third kappa shape index (κ3) is 4.62. The molecular formula is C19H23N3O7S. The minimum absolute atomic E-state index is 0.0197. The third-order valence-electron chi connectivity index (χ3n) is 4.36. The van der Waals surface area contributed by atoms with Crippen molar-refractivity contribution in [3.63, 3.8) is 0 Å². The van der Waals surface area contributed by atoms with Gasteiger partial charge in [-0.15, -0.1) is 0 Å². The third-order valence-corrected chi connectivity index (χ3v) is 6.28. The first-order valence-electron chi connectivity index (χ1n) is 9.22. The molecule has 1 saturated heterocycles. The van der Waals surface area contributed by atoms with Crippen LogP contribution in [0.2, 0.25) is 0 Å². The molecule has 162 valence electrons. The Hall–Kier alpha value is -2.92. The van der Waals surface area contributed by atoms with E-state index in [0.29, 0.717) is 5.39 Å². The molecule has 0 spiro atoms. The lowest BCUT2D eigenvalue weighted by Gasteiger charge is -2.39. The Morgan fingerprint density at radius 1 is 1.17 bits per heavy atom. The van der Waals surface area contributed by atoms with Crippen molar-refractivity contribution in [1.82, 2.24) is 14.2 Å². The average Bonchev–Trinajstić information content (AvgIpc) is 2.65. The number of pyridine rings is 1. The van der Waals surface area contributed by atoms with Crippen molar-refractivity contribution in [2.45, 2.75) is 37.5 Å². The molecule has 10 nitrogen and oxygen atoms in total. The fraction of sp³-hybridized carbons (Fsp3) is 0.421. The number of carboxylic acid groups (broad SMARTS) is 1. The molecule has 1 aromatic carbocycles. The summed E-state index contributed by atoms with van der Waals surface area (Å²) < 4.78 is 37.8. The van der Waals surface area contributed by atoms with E-state index < -0.39 is 34.1 Å². The molecule has 1 unspecified atom stereocenters. The topological polar surface area (TPSA) is 126 Å². The van der Waals surface area contributed by atoms with Crippen LogP contribution in [0.25, 0.3) is 10.9 Å². The van der Waals surface area contributed by atoms with Gasteiger partial charge in [-0.05, 0) is 32.9 Å². The molecule has 1 aliphatic heterocycles. The molecule has 0 aliphatic carbocycles. The summed E-state index contributed by atoms with van der Waals surface area (Å²) in [5.74, 6) is 0. The number of piperazine rings is 1. The Labute approximate surface area is 174 Å². The van der Waals surface area contributed by atoms with Crippen LogP contribution >= 0.6 is 0 Å². The van der Waals surface area contributed by atoms with Gasteiger partial charge in [-0.3, -0.25) is 4.98 Å². The predicted molar refractivity (Wildman–Crippen MR) is 106 cm³/mol. The van der Waals surface area contributed by atoms with Gasteiger partial charge in [-0.1, -0.05) is 18.2 Å². The highest BCUT2D eigenvalue weighted by Gasteiger charge is 2.41. The minimum atomic E-state index is -4.16. The maximum atomic E-state index is 13.4. The molecule has 1 N–H and O–H groups in total. The van der Waals surface area contributed by atoms with Gasteiger partial charge in [-0.2, -0.15) is 4.31 Å². The van der Waals surface area contributed by atoms with Gasteiger partial charge >= 0.3 is 12.2 Å². The molecule has 1 aliphatic rings. The first-order valence-corrected chi connectivity index (χ1v) is 10.7. The average molecular weight is 437 g/mol. The molecule has 2 aromatic rings. The van der Waals surface area contributed by atoms with Crippen LogP contribution in [0.3, 0.4) is 0 Å². The number of hydrogen-bond acceptors (Lipinski definition) is 7. The first-order chi connectivity index (χ1) is 14.0. The molecule has 3 rings (SSSR count). The van der Waals surface area contributed by atoms with Crippen LogP contribution in [0.1, 0.15) is 20.8 Å². The number of rotatable bonds is 3. The Morgan fingerprint density at radius 2 is 1.87 bits per heavy atom. The molecule has 2 heterocycles. The number of carbonyl (C=O) groups is 2. The fourth-order valence-electron chi connectivity index (χ4n) is 3.12. The van der Waals surface area contributed by atoms with E-state index in [1.807, 2.05) is 0 Å². The molecular weight excluding hydrogens is 414 g/mol. The summed E-state index contributed by atoms with van der Waals surface area (Å²) in [5, 5.41) is 9.74. The van der Waals surface area contributed by atoms with Crippen molar-refractivity contribution in [2.24, 2.45) is 0 Å². The summed E-state index contributed by atoms with van der Waals surface area (Å²) in [5.41, 5.74) is -0.485. The van der Waals surface area contributed by atoms with Gasteiger partial charge in [0.2, 0.25) is 10.0 Å². The quantitative estimate of drug-likeness (QED) is 0.726. The number of amides is 1. The number of sulfonamides is 1. The zero-order valence-corrected chi connectivity index (χ0v) is 17.6. The van der Waals surface area contributed by atoms with Crippen LogP contribution in [-0.4, -0.2) is 71.4 Å². The van der Waals surface area contributed by atoms with Gasteiger partial charge in [0.1, 0.15) is 10.5 Å². The number of para-hydroxylation sites is 1. The van der Waals surface area contributed by atoms with E-state index >= 15 is 0 Å². The molecule has 0 radical (unpaired) electrons. The number of nitrogens with zero attached hydrogens (tertiary/aromatic N) is 3. The molecule has 0 saturated carbocycles. The number of ether oxygens (including phenoxy) is 2. The van der Waals surface area contributed by atoms with Crippen LogP contribution in [0.5, 0.6) is 0 Å². The molecule has 1 fully saturated rings. The van der Waals surface area contributed by atoms with Crippen molar-refractivity contribution >= 4 is 33.2 Å². The number of fused-ring (bicyclic) bond motifs is 1. The van der Waals surface area contributed by atoms with Gasteiger partial charge in [0.05, 0.1) is 12.1 Å². The zero-order chi connectivity index (χ0) is 22.1. The van der Waals surface area contributed by atoms with Crippen molar-refractivity contribution in [2.75, 3.05) is 19.6 Å². The lowest BCUT2D eigenvalue weighted by atomic mass is 10.2. The number of aromatic nitrogens is 1. The van der Waals surface area contributed by atoms with Gasteiger partial charge in [0, 0.05) is 24.7 Å². The minimum Gasteiger partial charge on any atom is -0.450 e. The lowest BCUT2D eigenvalue weighted by Crippen LogP contribution is -2.58. The highest BCUT2D eigenvalue weighted by molar-refractivity contribution is 7.89. The monoisotopic (exact) mass is 437 g/mol. The lowest BCUT2D eigenvalue weighted by molar-refractivity contribution is -0.0488. The van der Waals surface area contributed by atoms with E-state index in [0.717, 1.165) is 4.31 Å². The maximum absolute atomic E-state index is 13.4. The molecule has 11 heteroatoms. The summed E-state index contributed by atoms with van der Waals surface area (Å²) >= 11 is 0. The molecule has 0 bridgehead atoms. The van der Waals surface area contributed by atoms with Crippen molar-refractivity contribution in [3.05, 3.63) is 36.5 Å². The Balaban J connectivity index is 1.93. The Morgan fingerprint density at radius 3 is 2.53 bits per heavy atom. The second-order valence-corrected chi connectivity index (χ2v) is 9.57. The van der Waals surface area contributed by atoms with Crippen LogP contribution < -0.4 is 0 Å². The van der Waals surface area contributed by atoms with Crippen molar-refractivity contribution in [3.8, 4) is 0 Å². The van der Waals surface area contributed by atoms with Crippen LogP contribution in [-0.2, 0) is 19.5 Å². The summed E-state index contributed by atoms with van der Waals surface area (Å²) in [7, 11) is -4.16. The van der Waals surface area contributed by atoms with Crippen LogP contribution in [0, 0.1) is 0 Å². The highest BCUT2D eigenvalue weighted by atomic mass is 32.2. The second-order valence-electron chi connectivity index (χ2n) is 7.71. The highest BCUT2D eigenvalue weighted by Crippen LogP contribution is 2.28. The molecule has 1 atom stereocenters. The first kappa shape index (κ1) is 21.8. The Bertz CT molecular complexity index is 1060. The van der Waals surface area contributed by atoms with Gasteiger partial charge in [-0.25, -0.2) is 18.0 Å². The van der Waals surface area contributed by atoms with Gasteiger partial charge in [0.15, 0.2) is 6.23 Å². The largest absolute Gasteiger partial charge is 0.507 e. The number of benzene rings is 1. The fourth-order valence-corrected chi connectivity index (χ4v) is 4.78. The summed E-state index contributed by atoms with van der Waals surface area (Å²) in [4.78, 5) is 28.9. The molecule has 1 amide bonds. The number of hydrogen-bond donors (Lipinski definition) is 1. The smallest absolute Gasteiger partial charge is 0.450 e. The van der Waals surface area contributed by atoms with Crippen LogP contribution in [0.4, 0.5) is 9.59 Å². The van der Waals surface area contributed by atoms with Crippen LogP contribution in [0.15, 0.2) is 41.4 Å². The molecule has 1 aromatic heterocycles. The van der Waals surface area contributed by atoms with E-state index in [9.17, 15) is 18.0 Å². The van der Waals surface area contributed by atoms with E-state index in [1.54, 1.807) is 45.0 Å². The SMILES string of the molecule is CC(C)(C)OC(=O)N1CCN(S(=O)(=O)c2cccc3cccnc23)C(OC(=O)O)C1. The van der Waals surface area contributed by atoms with Crippen molar-refractivity contribution < 1.29 is 32.6 Å². The maximum Gasteiger partial charge on any atom is 0.507 e. The summed E-state index contributed by atoms with van der Waals surface area (Å²) in [6.45, 7) is 4.66. The molecule has 30 heavy (non-hydrogen) atoms.